The van der Waals surface area contributed by atoms with Crippen molar-refractivity contribution in [1.82, 2.24) is 4.31 Å². The number of alkyl halides is 1. The van der Waals surface area contributed by atoms with Gasteiger partial charge in [-0.05, 0) is 18.2 Å². The molecule has 0 radical (unpaired) electrons. The SMILES string of the molecule is O=S1(=O)c2cc(Br)ccc2OCCN1CCF. The van der Waals surface area contributed by atoms with Gasteiger partial charge in [0.15, 0.2) is 0 Å². The molecule has 2 rings (SSSR count). The molecule has 0 N–H and O–H groups in total. The monoisotopic (exact) mass is 323 g/mol. The average molecular weight is 324 g/mol. The molecule has 0 bridgehead atoms. The summed E-state index contributed by atoms with van der Waals surface area (Å²) in [6.45, 7) is -0.452. The van der Waals surface area contributed by atoms with Crippen LogP contribution in [0.15, 0.2) is 27.6 Å². The molecular weight excluding hydrogens is 313 g/mol. The molecule has 1 aliphatic rings. The van der Waals surface area contributed by atoms with Crippen LogP contribution in [0.25, 0.3) is 0 Å². The summed E-state index contributed by atoms with van der Waals surface area (Å²) in [5.41, 5.74) is 0. The standard InChI is InChI=1S/C10H11BrFNO3S/c11-8-1-2-9-10(7-8)17(14,15)13(4-3-12)5-6-16-9/h1-2,7H,3-6H2. The lowest BCUT2D eigenvalue weighted by atomic mass is 10.3. The topological polar surface area (TPSA) is 46.6 Å². The van der Waals surface area contributed by atoms with Gasteiger partial charge in [-0.1, -0.05) is 15.9 Å². The zero-order valence-corrected chi connectivity index (χ0v) is 11.3. The van der Waals surface area contributed by atoms with E-state index in [1.807, 2.05) is 0 Å². The van der Waals surface area contributed by atoms with Gasteiger partial charge in [-0.2, -0.15) is 4.31 Å². The van der Waals surface area contributed by atoms with Crippen LogP contribution >= 0.6 is 15.9 Å². The first kappa shape index (κ1) is 12.8. The van der Waals surface area contributed by atoms with Gasteiger partial charge in [0, 0.05) is 17.6 Å². The third-order valence-corrected chi connectivity index (χ3v) is 4.87. The Labute approximate surface area is 108 Å². The lowest BCUT2D eigenvalue weighted by molar-refractivity contribution is 0.271. The van der Waals surface area contributed by atoms with Gasteiger partial charge >= 0.3 is 0 Å². The predicted molar refractivity (Wildman–Crippen MR) is 64.4 cm³/mol. The van der Waals surface area contributed by atoms with Crippen LogP contribution in [0.3, 0.4) is 0 Å². The second-order valence-corrected chi connectivity index (χ2v) is 6.35. The van der Waals surface area contributed by atoms with Crippen molar-refractivity contribution in [3.05, 3.63) is 22.7 Å². The number of benzene rings is 1. The van der Waals surface area contributed by atoms with E-state index in [2.05, 4.69) is 15.9 Å². The Bertz CT molecular complexity index is 520. The highest BCUT2D eigenvalue weighted by Gasteiger charge is 2.30. The summed E-state index contributed by atoms with van der Waals surface area (Å²) in [6.07, 6.45) is 0. The van der Waals surface area contributed by atoms with Crippen LogP contribution in [0.2, 0.25) is 0 Å². The summed E-state index contributed by atoms with van der Waals surface area (Å²) < 4.78 is 43.9. The van der Waals surface area contributed by atoms with Crippen molar-refractivity contribution in [2.45, 2.75) is 4.90 Å². The van der Waals surface area contributed by atoms with E-state index in [1.54, 1.807) is 12.1 Å². The molecule has 1 heterocycles. The Hall–Kier alpha value is -0.660. The smallest absolute Gasteiger partial charge is 0.247 e. The Kier molecular flexibility index (Phi) is 3.70. The molecule has 0 spiro atoms. The number of nitrogens with zero attached hydrogens (tertiary/aromatic N) is 1. The summed E-state index contributed by atoms with van der Waals surface area (Å²) >= 11 is 3.21. The van der Waals surface area contributed by atoms with Crippen molar-refractivity contribution < 1.29 is 17.5 Å². The van der Waals surface area contributed by atoms with E-state index in [9.17, 15) is 12.8 Å². The van der Waals surface area contributed by atoms with Crippen LogP contribution in [0.1, 0.15) is 0 Å². The normalized spacial score (nSPS) is 19.2. The van der Waals surface area contributed by atoms with Crippen molar-refractivity contribution in [3.8, 4) is 5.75 Å². The predicted octanol–water partition coefficient (Wildman–Crippen LogP) is 1.80. The number of hydrogen-bond donors (Lipinski definition) is 0. The molecule has 1 aromatic carbocycles. The van der Waals surface area contributed by atoms with E-state index in [-0.39, 0.29) is 24.6 Å². The highest BCUT2D eigenvalue weighted by molar-refractivity contribution is 9.10. The number of fused-ring (bicyclic) bond motifs is 1. The largest absolute Gasteiger partial charge is 0.491 e. The minimum atomic E-state index is -3.67. The summed E-state index contributed by atoms with van der Waals surface area (Å²) in [7, 11) is -3.67. The summed E-state index contributed by atoms with van der Waals surface area (Å²) in [4.78, 5) is 0.0813. The van der Waals surface area contributed by atoms with Crippen molar-refractivity contribution >= 4 is 26.0 Å². The molecule has 17 heavy (non-hydrogen) atoms. The molecule has 1 aromatic rings. The number of sulfonamides is 1. The molecule has 0 saturated heterocycles. The third kappa shape index (κ3) is 2.46. The van der Waals surface area contributed by atoms with Crippen molar-refractivity contribution in [1.29, 1.82) is 0 Å². The molecule has 94 valence electrons. The number of halogens is 2. The van der Waals surface area contributed by atoms with Gasteiger partial charge in [-0.3, -0.25) is 0 Å². The van der Waals surface area contributed by atoms with Gasteiger partial charge in [-0.15, -0.1) is 0 Å². The Morgan fingerprint density at radius 3 is 2.94 bits per heavy atom. The fraction of sp³-hybridized carbons (Fsp3) is 0.400. The maximum Gasteiger partial charge on any atom is 0.247 e. The van der Waals surface area contributed by atoms with Crippen molar-refractivity contribution in [2.75, 3.05) is 26.4 Å². The van der Waals surface area contributed by atoms with Crippen LogP contribution in [0.5, 0.6) is 5.75 Å². The Balaban J connectivity index is 2.52. The summed E-state index contributed by atoms with van der Waals surface area (Å²) in [6, 6.07) is 4.77. The molecular formula is C10H11BrFNO3S. The summed E-state index contributed by atoms with van der Waals surface area (Å²) in [5.74, 6) is 0.314. The minimum Gasteiger partial charge on any atom is -0.491 e. The molecule has 0 aliphatic carbocycles. The summed E-state index contributed by atoms with van der Waals surface area (Å²) in [5, 5.41) is 0. The van der Waals surface area contributed by atoms with Gasteiger partial charge in [0.1, 0.15) is 23.9 Å². The van der Waals surface area contributed by atoms with Crippen molar-refractivity contribution in [2.24, 2.45) is 0 Å². The quantitative estimate of drug-likeness (QED) is 0.833. The van der Waals surface area contributed by atoms with Crippen LogP contribution in [0.4, 0.5) is 4.39 Å². The first-order chi connectivity index (χ1) is 8.05. The molecule has 4 nitrogen and oxygen atoms in total. The molecule has 0 atom stereocenters. The third-order valence-electron chi connectivity index (χ3n) is 2.46. The van der Waals surface area contributed by atoms with E-state index >= 15 is 0 Å². The molecule has 0 saturated carbocycles. The fourth-order valence-electron chi connectivity index (χ4n) is 1.65. The molecule has 0 aromatic heterocycles. The zero-order chi connectivity index (χ0) is 12.5. The van der Waals surface area contributed by atoms with Crippen LogP contribution in [-0.4, -0.2) is 39.1 Å². The molecule has 0 amide bonds. The number of rotatable bonds is 2. The van der Waals surface area contributed by atoms with E-state index in [0.717, 1.165) is 4.31 Å². The highest BCUT2D eigenvalue weighted by atomic mass is 79.9. The molecule has 7 heteroatoms. The van der Waals surface area contributed by atoms with E-state index < -0.39 is 16.7 Å². The lowest BCUT2D eigenvalue weighted by Crippen LogP contribution is -2.34. The Morgan fingerprint density at radius 2 is 2.24 bits per heavy atom. The van der Waals surface area contributed by atoms with Gasteiger partial charge in [0.05, 0.1) is 0 Å². The van der Waals surface area contributed by atoms with E-state index in [1.165, 1.54) is 6.07 Å². The lowest BCUT2D eigenvalue weighted by Gasteiger charge is -2.17. The van der Waals surface area contributed by atoms with Crippen molar-refractivity contribution in [3.63, 3.8) is 0 Å². The van der Waals surface area contributed by atoms with Gasteiger partial charge in [0.2, 0.25) is 10.0 Å². The maximum absolute atomic E-state index is 12.4. The van der Waals surface area contributed by atoms with Crippen LogP contribution in [0, 0.1) is 0 Å². The number of hydrogen-bond acceptors (Lipinski definition) is 3. The zero-order valence-electron chi connectivity index (χ0n) is 8.90. The maximum atomic E-state index is 12.4. The van der Waals surface area contributed by atoms with Gasteiger partial charge < -0.3 is 4.74 Å². The minimum absolute atomic E-state index is 0.0813. The van der Waals surface area contributed by atoms with Gasteiger partial charge in [0.25, 0.3) is 0 Å². The molecule has 0 unspecified atom stereocenters. The number of ether oxygens (including phenoxy) is 1. The highest BCUT2D eigenvalue weighted by Crippen LogP contribution is 2.31. The van der Waals surface area contributed by atoms with Gasteiger partial charge in [-0.25, -0.2) is 12.8 Å². The van der Waals surface area contributed by atoms with E-state index in [4.69, 9.17) is 4.74 Å². The first-order valence-corrected chi connectivity index (χ1v) is 7.27. The van der Waals surface area contributed by atoms with Crippen LogP contribution < -0.4 is 4.74 Å². The fourth-order valence-corrected chi connectivity index (χ4v) is 3.72. The van der Waals surface area contributed by atoms with Crippen LogP contribution in [-0.2, 0) is 10.0 Å². The molecule has 0 fully saturated rings. The molecule has 1 aliphatic heterocycles. The van der Waals surface area contributed by atoms with E-state index in [0.29, 0.717) is 10.2 Å². The first-order valence-electron chi connectivity index (χ1n) is 5.04. The second-order valence-electron chi connectivity index (χ2n) is 3.53. The average Bonchev–Trinajstić information content (AvgIpc) is 2.39. The Morgan fingerprint density at radius 1 is 1.47 bits per heavy atom. The second kappa shape index (κ2) is 4.91.